The van der Waals surface area contributed by atoms with Crippen LogP contribution in [-0.4, -0.2) is 19.7 Å². The van der Waals surface area contributed by atoms with Crippen LogP contribution in [0.15, 0.2) is 12.1 Å². The fourth-order valence-corrected chi connectivity index (χ4v) is 3.11. The zero-order chi connectivity index (χ0) is 13.0. The van der Waals surface area contributed by atoms with Crippen molar-refractivity contribution < 1.29 is 4.74 Å². The van der Waals surface area contributed by atoms with Gasteiger partial charge in [0.25, 0.3) is 0 Å². The van der Waals surface area contributed by atoms with Crippen LogP contribution in [-0.2, 0) is 6.42 Å². The summed E-state index contributed by atoms with van der Waals surface area (Å²) in [5, 5.41) is 4.42. The highest BCUT2D eigenvalue weighted by atomic mass is 35.5. The Kier molecular flexibility index (Phi) is 4.90. The summed E-state index contributed by atoms with van der Waals surface area (Å²) in [6, 6.07) is 4.69. The van der Waals surface area contributed by atoms with Gasteiger partial charge in [0.05, 0.1) is 7.11 Å². The molecular formula is C15H22ClNO. The normalized spacial score (nSPS) is 16.2. The van der Waals surface area contributed by atoms with Gasteiger partial charge < -0.3 is 10.1 Å². The van der Waals surface area contributed by atoms with E-state index in [0.717, 1.165) is 35.3 Å². The Morgan fingerprint density at radius 2 is 2.06 bits per heavy atom. The van der Waals surface area contributed by atoms with Crippen molar-refractivity contribution in [3.63, 3.8) is 0 Å². The molecule has 0 amide bonds. The smallest absolute Gasteiger partial charge is 0.125 e. The molecule has 2 rings (SSSR count). The van der Waals surface area contributed by atoms with Gasteiger partial charge in [0.15, 0.2) is 0 Å². The standard InChI is InChI=1S/C15H22ClNO/c1-11-9-13(16)10-12(15(11)18-2)7-8-17-14-5-3-4-6-14/h9-10,14,17H,3-8H2,1-2H3. The minimum absolute atomic E-state index is 0.719. The van der Waals surface area contributed by atoms with Crippen LogP contribution in [0.25, 0.3) is 0 Å². The summed E-state index contributed by atoms with van der Waals surface area (Å²) in [6.45, 7) is 3.04. The van der Waals surface area contributed by atoms with Gasteiger partial charge >= 0.3 is 0 Å². The van der Waals surface area contributed by atoms with Crippen LogP contribution >= 0.6 is 11.6 Å². The maximum absolute atomic E-state index is 6.11. The Labute approximate surface area is 115 Å². The summed E-state index contributed by atoms with van der Waals surface area (Å²) >= 11 is 6.11. The first kappa shape index (κ1) is 13.7. The molecule has 1 saturated carbocycles. The fourth-order valence-electron chi connectivity index (χ4n) is 2.82. The van der Waals surface area contributed by atoms with Crippen LogP contribution in [0.3, 0.4) is 0 Å². The van der Waals surface area contributed by atoms with Gasteiger partial charge in [-0.25, -0.2) is 0 Å². The van der Waals surface area contributed by atoms with Crippen LogP contribution in [0, 0.1) is 6.92 Å². The first-order chi connectivity index (χ1) is 8.70. The molecule has 1 aliphatic rings. The van der Waals surface area contributed by atoms with Gasteiger partial charge in [0.2, 0.25) is 0 Å². The van der Waals surface area contributed by atoms with E-state index >= 15 is 0 Å². The third-order valence-corrected chi connectivity index (χ3v) is 3.92. The maximum atomic E-state index is 6.11. The van der Waals surface area contributed by atoms with Crippen LogP contribution in [0.2, 0.25) is 5.02 Å². The minimum Gasteiger partial charge on any atom is -0.496 e. The first-order valence-electron chi connectivity index (χ1n) is 6.77. The van der Waals surface area contributed by atoms with Crippen molar-refractivity contribution >= 4 is 11.6 Å². The predicted molar refractivity (Wildman–Crippen MR) is 76.7 cm³/mol. The third-order valence-electron chi connectivity index (χ3n) is 3.70. The number of hydrogen-bond donors (Lipinski definition) is 1. The number of benzene rings is 1. The van der Waals surface area contributed by atoms with Crippen molar-refractivity contribution in [1.29, 1.82) is 0 Å². The van der Waals surface area contributed by atoms with Crippen molar-refractivity contribution in [1.82, 2.24) is 5.32 Å². The van der Waals surface area contributed by atoms with E-state index < -0.39 is 0 Å². The molecule has 0 atom stereocenters. The summed E-state index contributed by atoms with van der Waals surface area (Å²) in [6.07, 6.45) is 6.37. The highest BCUT2D eigenvalue weighted by Crippen LogP contribution is 2.28. The Hall–Kier alpha value is -0.730. The number of nitrogens with one attached hydrogen (secondary N) is 1. The zero-order valence-electron chi connectivity index (χ0n) is 11.3. The van der Waals surface area contributed by atoms with Gasteiger partial charge in [-0.2, -0.15) is 0 Å². The lowest BCUT2D eigenvalue weighted by Crippen LogP contribution is -2.28. The number of hydrogen-bond acceptors (Lipinski definition) is 2. The molecule has 1 fully saturated rings. The molecule has 0 aromatic heterocycles. The third kappa shape index (κ3) is 3.39. The summed E-state index contributed by atoms with van der Waals surface area (Å²) < 4.78 is 5.47. The Morgan fingerprint density at radius 1 is 1.33 bits per heavy atom. The van der Waals surface area contributed by atoms with Gasteiger partial charge in [-0.05, 0) is 56.0 Å². The van der Waals surface area contributed by atoms with E-state index in [2.05, 4.69) is 5.32 Å². The largest absolute Gasteiger partial charge is 0.496 e. The summed E-state index contributed by atoms with van der Waals surface area (Å²) in [4.78, 5) is 0. The molecule has 0 unspecified atom stereocenters. The summed E-state index contributed by atoms with van der Waals surface area (Å²) in [5.41, 5.74) is 2.31. The highest BCUT2D eigenvalue weighted by molar-refractivity contribution is 6.30. The fraction of sp³-hybridized carbons (Fsp3) is 0.600. The molecule has 1 N–H and O–H groups in total. The Bertz CT molecular complexity index is 400. The molecule has 3 heteroatoms. The SMILES string of the molecule is COc1c(C)cc(Cl)cc1CCNC1CCCC1. The molecular weight excluding hydrogens is 246 g/mol. The lowest BCUT2D eigenvalue weighted by molar-refractivity contribution is 0.405. The summed E-state index contributed by atoms with van der Waals surface area (Å²) in [5.74, 6) is 0.979. The van der Waals surface area contributed by atoms with E-state index in [4.69, 9.17) is 16.3 Å². The minimum atomic E-state index is 0.719. The molecule has 1 aromatic rings. The van der Waals surface area contributed by atoms with E-state index in [9.17, 15) is 0 Å². The second-order valence-electron chi connectivity index (χ2n) is 5.10. The number of ether oxygens (including phenoxy) is 1. The van der Waals surface area contributed by atoms with Crippen LogP contribution in [0.1, 0.15) is 36.8 Å². The molecule has 1 aromatic carbocycles. The second-order valence-corrected chi connectivity index (χ2v) is 5.54. The number of rotatable bonds is 5. The van der Waals surface area contributed by atoms with Gasteiger partial charge in [0.1, 0.15) is 5.75 Å². The average molecular weight is 268 g/mol. The number of halogens is 1. The topological polar surface area (TPSA) is 21.3 Å². The Morgan fingerprint density at radius 3 is 2.72 bits per heavy atom. The molecule has 0 spiro atoms. The zero-order valence-corrected chi connectivity index (χ0v) is 12.0. The van der Waals surface area contributed by atoms with E-state index in [0.29, 0.717) is 0 Å². The number of aryl methyl sites for hydroxylation is 1. The van der Waals surface area contributed by atoms with E-state index in [1.807, 2.05) is 19.1 Å². The van der Waals surface area contributed by atoms with Crippen LogP contribution in [0.4, 0.5) is 0 Å². The van der Waals surface area contributed by atoms with Gasteiger partial charge in [-0.15, -0.1) is 0 Å². The van der Waals surface area contributed by atoms with Gasteiger partial charge in [-0.3, -0.25) is 0 Å². The first-order valence-corrected chi connectivity index (χ1v) is 7.15. The van der Waals surface area contributed by atoms with Crippen LogP contribution < -0.4 is 10.1 Å². The molecule has 18 heavy (non-hydrogen) atoms. The van der Waals surface area contributed by atoms with E-state index in [1.54, 1.807) is 7.11 Å². The average Bonchev–Trinajstić information content (AvgIpc) is 2.81. The lowest BCUT2D eigenvalue weighted by atomic mass is 10.1. The monoisotopic (exact) mass is 267 g/mol. The molecule has 0 heterocycles. The van der Waals surface area contributed by atoms with Crippen molar-refractivity contribution in [2.45, 2.75) is 45.1 Å². The molecule has 0 aliphatic heterocycles. The molecule has 0 bridgehead atoms. The van der Waals surface area contributed by atoms with E-state index in [-0.39, 0.29) is 0 Å². The van der Waals surface area contributed by atoms with Crippen molar-refractivity contribution in [2.24, 2.45) is 0 Å². The van der Waals surface area contributed by atoms with Gasteiger partial charge in [0, 0.05) is 11.1 Å². The predicted octanol–water partition coefficient (Wildman–Crippen LogP) is 3.73. The van der Waals surface area contributed by atoms with Crippen molar-refractivity contribution in [3.8, 4) is 5.75 Å². The summed E-state index contributed by atoms with van der Waals surface area (Å²) in [7, 11) is 1.73. The van der Waals surface area contributed by atoms with Crippen molar-refractivity contribution in [3.05, 3.63) is 28.3 Å². The Balaban J connectivity index is 1.95. The molecule has 2 nitrogen and oxygen atoms in total. The molecule has 0 saturated heterocycles. The van der Waals surface area contributed by atoms with Gasteiger partial charge in [-0.1, -0.05) is 24.4 Å². The number of methoxy groups -OCH3 is 1. The second kappa shape index (κ2) is 6.44. The van der Waals surface area contributed by atoms with Crippen LogP contribution in [0.5, 0.6) is 5.75 Å². The molecule has 100 valence electrons. The maximum Gasteiger partial charge on any atom is 0.125 e. The van der Waals surface area contributed by atoms with E-state index in [1.165, 1.54) is 31.2 Å². The van der Waals surface area contributed by atoms with Crippen molar-refractivity contribution in [2.75, 3.05) is 13.7 Å². The molecule has 0 radical (unpaired) electrons. The molecule has 1 aliphatic carbocycles. The lowest BCUT2D eigenvalue weighted by Gasteiger charge is -2.15. The quantitative estimate of drug-likeness (QED) is 0.878. The highest BCUT2D eigenvalue weighted by Gasteiger charge is 2.14.